The third-order valence-electron chi connectivity index (χ3n) is 4.77. The maximum atomic E-state index is 12.7. The molecule has 1 heterocycles. The van der Waals surface area contributed by atoms with Crippen LogP contribution in [-0.2, 0) is 14.8 Å². The highest BCUT2D eigenvalue weighted by Crippen LogP contribution is 2.21. The van der Waals surface area contributed by atoms with Gasteiger partial charge in [0.25, 0.3) is 11.6 Å². The van der Waals surface area contributed by atoms with Crippen LogP contribution < -0.4 is 9.47 Å². The van der Waals surface area contributed by atoms with Crippen molar-refractivity contribution in [3.8, 4) is 11.5 Å². The van der Waals surface area contributed by atoms with E-state index in [1.807, 2.05) is 6.92 Å². The van der Waals surface area contributed by atoms with E-state index in [2.05, 4.69) is 0 Å². The van der Waals surface area contributed by atoms with Crippen LogP contribution >= 0.6 is 0 Å². The molecule has 0 aromatic heterocycles. The summed E-state index contributed by atoms with van der Waals surface area (Å²) in [6, 6.07) is 11.7. The van der Waals surface area contributed by atoms with Gasteiger partial charge in [-0.25, -0.2) is 8.42 Å². The van der Waals surface area contributed by atoms with Crippen molar-refractivity contribution in [3.63, 3.8) is 0 Å². The van der Waals surface area contributed by atoms with E-state index in [0.717, 1.165) is 12.1 Å². The minimum Gasteiger partial charge on any atom is -0.494 e. The lowest BCUT2D eigenvalue weighted by atomic mass is 10.3. The van der Waals surface area contributed by atoms with Gasteiger partial charge < -0.3 is 14.4 Å². The number of nitro benzene ring substituents is 1. The number of nitro groups is 1. The highest BCUT2D eigenvalue weighted by molar-refractivity contribution is 7.89. The molecule has 0 bridgehead atoms. The first-order chi connectivity index (χ1) is 14.8. The molecule has 1 fully saturated rings. The normalized spacial score (nSPS) is 14.8. The molecule has 10 nitrogen and oxygen atoms in total. The van der Waals surface area contributed by atoms with E-state index in [-0.39, 0.29) is 49.3 Å². The Labute approximate surface area is 180 Å². The van der Waals surface area contributed by atoms with E-state index < -0.39 is 14.9 Å². The molecule has 0 aliphatic carbocycles. The zero-order valence-electron chi connectivity index (χ0n) is 17.0. The molecule has 1 amide bonds. The number of carbonyl (C=O) groups is 1. The summed E-state index contributed by atoms with van der Waals surface area (Å²) in [7, 11) is -3.79. The number of rotatable bonds is 8. The predicted octanol–water partition coefficient (Wildman–Crippen LogP) is 1.91. The number of non-ortho nitro benzene ring substituents is 1. The second kappa shape index (κ2) is 9.75. The number of carbonyl (C=O) groups excluding carboxylic acids is 1. The second-order valence-electron chi connectivity index (χ2n) is 6.73. The van der Waals surface area contributed by atoms with Crippen molar-refractivity contribution in [2.24, 2.45) is 0 Å². The summed E-state index contributed by atoms with van der Waals surface area (Å²) in [5.41, 5.74) is -0.179. The summed E-state index contributed by atoms with van der Waals surface area (Å²) in [6.07, 6.45) is 0. The number of hydrogen-bond donors (Lipinski definition) is 0. The van der Waals surface area contributed by atoms with Crippen LogP contribution in [0, 0.1) is 10.1 Å². The minimum atomic E-state index is -3.79. The van der Waals surface area contributed by atoms with E-state index in [1.165, 1.54) is 16.4 Å². The van der Waals surface area contributed by atoms with Gasteiger partial charge in [0.15, 0.2) is 6.61 Å². The van der Waals surface area contributed by atoms with Crippen molar-refractivity contribution in [1.29, 1.82) is 0 Å². The van der Waals surface area contributed by atoms with E-state index in [4.69, 9.17) is 9.47 Å². The van der Waals surface area contributed by atoms with Crippen molar-refractivity contribution in [3.05, 3.63) is 58.6 Å². The molecule has 0 unspecified atom stereocenters. The monoisotopic (exact) mass is 449 g/mol. The fourth-order valence-electron chi connectivity index (χ4n) is 3.10. The van der Waals surface area contributed by atoms with Gasteiger partial charge in [-0.05, 0) is 43.3 Å². The third kappa shape index (κ3) is 5.50. The molecule has 11 heteroatoms. The Morgan fingerprint density at radius 2 is 1.52 bits per heavy atom. The average molecular weight is 449 g/mol. The average Bonchev–Trinajstić information content (AvgIpc) is 2.78. The molecule has 31 heavy (non-hydrogen) atoms. The quantitative estimate of drug-likeness (QED) is 0.446. The Morgan fingerprint density at radius 1 is 0.968 bits per heavy atom. The van der Waals surface area contributed by atoms with Gasteiger partial charge in [0.1, 0.15) is 11.5 Å². The highest BCUT2D eigenvalue weighted by atomic mass is 32.2. The van der Waals surface area contributed by atoms with E-state index in [0.29, 0.717) is 18.1 Å². The fraction of sp³-hybridized carbons (Fsp3) is 0.350. The van der Waals surface area contributed by atoms with Crippen LogP contribution in [0.2, 0.25) is 0 Å². The first-order valence-corrected chi connectivity index (χ1v) is 11.1. The maximum Gasteiger partial charge on any atom is 0.269 e. The lowest BCUT2D eigenvalue weighted by Gasteiger charge is -2.33. The number of piperazine rings is 1. The van der Waals surface area contributed by atoms with Gasteiger partial charge in [-0.3, -0.25) is 14.9 Å². The van der Waals surface area contributed by atoms with Crippen LogP contribution in [0.3, 0.4) is 0 Å². The molecule has 0 saturated carbocycles. The maximum absolute atomic E-state index is 12.7. The fourth-order valence-corrected chi connectivity index (χ4v) is 4.52. The molecule has 166 valence electrons. The largest absolute Gasteiger partial charge is 0.494 e. The lowest BCUT2D eigenvalue weighted by Crippen LogP contribution is -2.51. The van der Waals surface area contributed by atoms with E-state index in [9.17, 15) is 23.3 Å². The van der Waals surface area contributed by atoms with Gasteiger partial charge >= 0.3 is 0 Å². The molecule has 1 saturated heterocycles. The van der Waals surface area contributed by atoms with Gasteiger partial charge in [-0.15, -0.1) is 0 Å². The molecule has 0 N–H and O–H groups in total. The summed E-state index contributed by atoms with van der Waals surface area (Å²) in [6.45, 7) is 3.03. The van der Waals surface area contributed by atoms with Crippen LogP contribution in [0.1, 0.15) is 6.92 Å². The molecule has 0 spiro atoms. The third-order valence-corrected chi connectivity index (χ3v) is 6.69. The summed E-state index contributed by atoms with van der Waals surface area (Å²) in [5, 5.41) is 10.7. The van der Waals surface area contributed by atoms with Crippen LogP contribution in [0.15, 0.2) is 53.4 Å². The molecule has 1 aliphatic heterocycles. The Balaban J connectivity index is 1.52. The number of nitrogens with zero attached hydrogens (tertiary/aromatic N) is 3. The van der Waals surface area contributed by atoms with Crippen molar-refractivity contribution in [1.82, 2.24) is 9.21 Å². The van der Waals surface area contributed by atoms with Crippen molar-refractivity contribution < 1.29 is 27.6 Å². The van der Waals surface area contributed by atoms with Crippen LogP contribution in [0.5, 0.6) is 11.5 Å². The van der Waals surface area contributed by atoms with Crippen molar-refractivity contribution in [2.45, 2.75) is 11.8 Å². The smallest absolute Gasteiger partial charge is 0.269 e. The van der Waals surface area contributed by atoms with E-state index in [1.54, 1.807) is 29.2 Å². The van der Waals surface area contributed by atoms with Gasteiger partial charge in [-0.2, -0.15) is 4.31 Å². The molecular weight excluding hydrogens is 426 g/mol. The summed E-state index contributed by atoms with van der Waals surface area (Å²) in [4.78, 5) is 24.1. The molecule has 2 aromatic rings. The number of benzene rings is 2. The highest BCUT2D eigenvalue weighted by Gasteiger charge is 2.30. The Morgan fingerprint density at radius 3 is 2.03 bits per heavy atom. The summed E-state index contributed by atoms with van der Waals surface area (Å²) in [5.74, 6) is 1.02. The van der Waals surface area contributed by atoms with Crippen molar-refractivity contribution >= 4 is 21.6 Å². The number of sulfonamides is 1. The van der Waals surface area contributed by atoms with Gasteiger partial charge in [0.2, 0.25) is 10.0 Å². The van der Waals surface area contributed by atoms with E-state index >= 15 is 0 Å². The van der Waals surface area contributed by atoms with Crippen LogP contribution in [0.25, 0.3) is 0 Å². The van der Waals surface area contributed by atoms with Gasteiger partial charge in [-0.1, -0.05) is 0 Å². The predicted molar refractivity (Wildman–Crippen MR) is 112 cm³/mol. The minimum absolute atomic E-state index is 0.0169. The summed E-state index contributed by atoms with van der Waals surface area (Å²) >= 11 is 0. The van der Waals surface area contributed by atoms with Crippen LogP contribution in [0.4, 0.5) is 5.69 Å². The van der Waals surface area contributed by atoms with Gasteiger partial charge in [0, 0.05) is 38.3 Å². The molecule has 0 radical (unpaired) electrons. The van der Waals surface area contributed by atoms with Crippen LogP contribution in [-0.4, -0.2) is 67.8 Å². The zero-order valence-corrected chi connectivity index (χ0v) is 17.8. The second-order valence-corrected chi connectivity index (χ2v) is 8.67. The zero-order chi connectivity index (χ0) is 22.4. The number of ether oxygens (including phenoxy) is 2. The Hall–Kier alpha value is -3.18. The topological polar surface area (TPSA) is 119 Å². The lowest BCUT2D eigenvalue weighted by molar-refractivity contribution is -0.384. The molecule has 3 rings (SSSR count). The molecular formula is C20H23N3O7S. The van der Waals surface area contributed by atoms with Crippen molar-refractivity contribution in [2.75, 3.05) is 39.4 Å². The number of amides is 1. The SMILES string of the molecule is CCOc1ccc(OCC(=O)N2CCN(S(=O)(=O)c3ccc([N+](=O)[O-])cc3)CC2)cc1. The van der Waals surface area contributed by atoms with Gasteiger partial charge in [0.05, 0.1) is 16.4 Å². The number of hydrogen-bond acceptors (Lipinski definition) is 7. The Bertz CT molecular complexity index is 1020. The Kier molecular flexibility index (Phi) is 7.08. The standard InChI is InChI=1S/C20H23N3O7S/c1-2-29-17-5-7-18(8-6-17)30-15-20(24)21-11-13-22(14-12-21)31(27,28)19-9-3-16(4-10-19)23(25)26/h3-10H,2,11-15H2,1H3. The first-order valence-electron chi connectivity index (χ1n) is 9.69. The first kappa shape index (κ1) is 22.5. The molecule has 2 aromatic carbocycles. The molecule has 1 aliphatic rings. The summed E-state index contributed by atoms with van der Waals surface area (Å²) < 4.78 is 37.6. The molecule has 0 atom stereocenters.